The lowest BCUT2D eigenvalue weighted by atomic mass is 9.95. The van der Waals surface area contributed by atoms with Gasteiger partial charge in [-0.3, -0.25) is 4.90 Å². The number of carbonyl (C=O) groups is 1. The Balaban J connectivity index is 1.81. The van der Waals surface area contributed by atoms with Gasteiger partial charge in [0.25, 0.3) is 0 Å². The molecule has 1 N–H and O–H groups in total. The van der Waals surface area contributed by atoms with Crippen LogP contribution in [0.15, 0.2) is 6.07 Å². The van der Waals surface area contributed by atoms with Crippen LogP contribution >= 0.6 is 11.3 Å². The van der Waals surface area contributed by atoms with Crippen LogP contribution in [0.1, 0.15) is 38.1 Å². The average molecular weight is 404 g/mol. The third-order valence-electron chi connectivity index (χ3n) is 5.44. The number of hydrogen-bond acceptors (Lipinski definition) is 8. The fourth-order valence-electron chi connectivity index (χ4n) is 3.82. The summed E-state index contributed by atoms with van der Waals surface area (Å²) in [5.74, 6) is 1.70. The van der Waals surface area contributed by atoms with Crippen molar-refractivity contribution in [1.82, 2.24) is 4.90 Å². The Labute approximate surface area is 168 Å². The molecule has 0 aliphatic carbocycles. The van der Waals surface area contributed by atoms with Gasteiger partial charge in [-0.25, -0.2) is 4.79 Å². The Morgan fingerprint density at radius 3 is 2.82 bits per heavy atom. The number of nitrogens with one attached hydrogen (secondary N) is 1. The Kier molecular flexibility index (Phi) is 4.84. The molecule has 2 aliphatic heterocycles. The van der Waals surface area contributed by atoms with Gasteiger partial charge in [-0.2, -0.15) is 0 Å². The molecule has 1 atom stereocenters. The van der Waals surface area contributed by atoms with Crippen LogP contribution in [0.4, 0.5) is 5.00 Å². The minimum Gasteiger partial charge on any atom is -0.492 e. The second-order valence-electron chi connectivity index (χ2n) is 6.97. The SMILES string of the molecule is COC(=O)c1c(N[C@H]2c3c(cc4c(c3OC)OCO4)CCN2C)sc(C)c1C. The molecule has 0 amide bonds. The van der Waals surface area contributed by atoms with Crippen LogP contribution in [0.5, 0.6) is 17.2 Å². The number of methoxy groups -OCH3 is 2. The summed E-state index contributed by atoms with van der Waals surface area (Å²) in [4.78, 5) is 15.7. The molecule has 0 saturated carbocycles. The van der Waals surface area contributed by atoms with Crippen LogP contribution in [0.25, 0.3) is 0 Å². The number of likely N-dealkylation sites (N-methyl/N-ethyl adjacent to an activating group) is 1. The second-order valence-corrected chi connectivity index (χ2v) is 8.20. The summed E-state index contributed by atoms with van der Waals surface area (Å²) in [5.41, 5.74) is 3.70. The molecule has 2 aliphatic rings. The minimum atomic E-state index is -0.333. The molecule has 4 rings (SSSR count). The third kappa shape index (κ3) is 2.87. The summed E-state index contributed by atoms with van der Waals surface area (Å²) < 4.78 is 22.0. The molecule has 0 fully saturated rings. The van der Waals surface area contributed by atoms with Crippen molar-refractivity contribution in [3.05, 3.63) is 33.2 Å². The summed E-state index contributed by atoms with van der Waals surface area (Å²) in [5, 5.41) is 4.36. The van der Waals surface area contributed by atoms with Crippen molar-refractivity contribution in [2.24, 2.45) is 0 Å². The highest BCUT2D eigenvalue weighted by atomic mass is 32.1. The van der Waals surface area contributed by atoms with Crippen molar-refractivity contribution in [1.29, 1.82) is 0 Å². The van der Waals surface area contributed by atoms with Crippen LogP contribution in [-0.2, 0) is 11.2 Å². The normalized spacial score (nSPS) is 18.0. The Morgan fingerprint density at radius 1 is 1.32 bits per heavy atom. The summed E-state index contributed by atoms with van der Waals surface area (Å²) in [6.07, 6.45) is 0.706. The lowest BCUT2D eigenvalue weighted by Gasteiger charge is -2.36. The molecular formula is C20H24N2O5S. The van der Waals surface area contributed by atoms with Gasteiger partial charge in [0.05, 0.1) is 19.8 Å². The predicted octanol–water partition coefficient (Wildman–Crippen LogP) is 3.49. The number of nitrogens with zero attached hydrogens (tertiary/aromatic N) is 1. The zero-order valence-electron chi connectivity index (χ0n) is 16.7. The van der Waals surface area contributed by atoms with Crippen molar-refractivity contribution >= 4 is 22.3 Å². The highest BCUT2D eigenvalue weighted by Gasteiger charge is 2.35. The molecule has 0 unspecified atom stereocenters. The Bertz CT molecular complexity index is 939. The van der Waals surface area contributed by atoms with Gasteiger partial charge in [0.15, 0.2) is 11.5 Å². The standard InChI is InChI=1S/C20H24N2O5S/c1-10-11(2)28-19(14(10)20(23)25-5)21-18-15-12(6-7-22(18)3)8-13-16(17(15)24-4)27-9-26-13/h8,18,21H,6-7,9H2,1-5H3/t18-/m1/s1. The lowest BCUT2D eigenvalue weighted by molar-refractivity contribution is 0.0601. The van der Waals surface area contributed by atoms with E-state index in [1.54, 1.807) is 18.4 Å². The van der Waals surface area contributed by atoms with Crippen LogP contribution in [0.3, 0.4) is 0 Å². The molecule has 28 heavy (non-hydrogen) atoms. The van der Waals surface area contributed by atoms with Crippen molar-refractivity contribution in [2.75, 3.05) is 39.9 Å². The highest BCUT2D eigenvalue weighted by Crippen LogP contribution is 2.50. The molecule has 8 heteroatoms. The van der Waals surface area contributed by atoms with E-state index in [0.717, 1.165) is 45.3 Å². The smallest absolute Gasteiger partial charge is 0.341 e. The van der Waals surface area contributed by atoms with Gasteiger partial charge in [0.1, 0.15) is 11.2 Å². The number of benzene rings is 1. The monoisotopic (exact) mass is 404 g/mol. The van der Waals surface area contributed by atoms with Crippen LogP contribution in [-0.4, -0.2) is 45.5 Å². The van der Waals surface area contributed by atoms with Crippen molar-refractivity contribution < 1.29 is 23.7 Å². The molecule has 1 aromatic carbocycles. The van der Waals surface area contributed by atoms with Crippen molar-refractivity contribution in [3.63, 3.8) is 0 Å². The second kappa shape index (κ2) is 7.18. The third-order valence-corrected chi connectivity index (χ3v) is 6.58. The largest absolute Gasteiger partial charge is 0.492 e. The highest BCUT2D eigenvalue weighted by molar-refractivity contribution is 7.16. The molecular weight excluding hydrogens is 380 g/mol. The number of carbonyl (C=O) groups excluding carboxylic acids is 1. The molecule has 2 aromatic rings. The first-order valence-electron chi connectivity index (χ1n) is 9.10. The van der Waals surface area contributed by atoms with E-state index in [-0.39, 0.29) is 18.9 Å². The summed E-state index contributed by atoms with van der Waals surface area (Å²) >= 11 is 1.56. The number of thiophene rings is 1. The fraction of sp³-hybridized carbons (Fsp3) is 0.450. The maximum Gasteiger partial charge on any atom is 0.341 e. The maximum atomic E-state index is 12.4. The van der Waals surface area contributed by atoms with E-state index in [0.29, 0.717) is 17.1 Å². The Hall–Kier alpha value is -2.45. The van der Waals surface area contributed by atoms with E-state index in [1.165, 1.54) is 7.11 Å². The van der Waals surface area contributed by atoms with E-state index in [4.69, 9.17) is 18.9 Å². The first-order chi connectivity index (χ1) is 13.5. The van der Waals surface area contributed by atoms with Crippen LogP contribution < -0.4 is 19.5 Å². The van der Waals surface area contributed by atoms with E-state index >= 15 is 0 Å². The number of ether oxygens (including phenoxy) is 4. The van der Waals surface area contributed by atoms with Gasteiger partial charge in [-0.15, -0.1) is 11.3 Å². The van der Waals surface area contributed by atoms with Crippen molar-refractivity contribution in [3.8, 4) is 17.2 Å². The topological polar surface area (TPSA) is 69.3 Å². The van der Waals surface area contributed by atoms with Crippen LogP contribution in [0.2, 0.25) is 0 Å². The van der Waals surface area contributed by atoms with Gasteiger partial charge >= 0.3 is 5.97 Å². The van der Waals surface area contributed by atoms with Gasteiger partial charge in [0.2, 0.25) is 12.5 Å². The number of rotatable bonds is 4. The number of fused-ring (bicyclic) bond motifs is 2. The minimum absolute atomic E-state index is 0.172. The molecule has 0 spiro atoms. The van der Waals surface area contributed by atoms with Gasteiger partial charge in [0, 0.05) is 17.0 Å². The zero-order valence-corrected chi connectivity index (χ0v) is 17.5. The van der Waals surface area contributed by atoms with Gasteiger partial charge in [-0.05, 0) is 44.5 Å². The molecule has 0 saturated heterocycles. The van der Waals surface area contributed by atoms with E-state index in [2.05, 4.69) is 17.3 Å². The quantitative estimate of drug-likeness (QED) is 0.783. The summed E-state index contributed by atoms with van der Waals surface area (Å²) in [7, 11) is 5.10. The van der Waals surface area contributed by atoms with E-state index < -0.39 is 0 Å². The summed E-state index contributed by atoms with van der Waals surface area (Å²) in [6.45, 7) is 5.01. The number of anilines is 1. The number of hydrogen-bond donors (Lipinski definition) is 1. The van der Waals surface area contributed by atoms with Gasteiger partial charge in [-0.1, -0.05) is 0 Å². The molecule has 3 heterocycles. The van der Waals surface area contributed by atoms with Crippen LogP contribution in [0, 0.1) is 13.8 Å². The molecule has 0 bridgehead atoms. The molecule has 0 radical (unpaired) electrons. The lowest BCUT2D eigenvalue weighted by Crippen LogP contribution is -2.37. The molecule has 1 aromatic heterocycles. The molecule has 150 valence electrons. The average Bonchev–Trinajstić information content (AvgIpc) is 3.26. The predicted molar refractivity (Wildman–Crippen MR) is 107 cm³/mol. The van der Waals surface area contributed by atoms with E-state index in [1.807, 2.05) is 19.9 Å². The van der Waals surface area contributed by atoms with Gasteiger partial charge < -0.3 is 24.3 Å². The van der Waals surface area contributed by atoms with E-state index in [9.17, 15) is 4.79 Å². The Morgan fingerprint density at radius 2 is 2.11 bits per heavy atom. The first-order valence-corrected chi connectivity index (χ1v) is 9.92. The zero-order chi connectivity index (χ0) is 20.0. The van der Waals surface area contributed by atoms with Crippen molar-refractivity contribution in [2.45, 2.75) is 26.4 Å². The number of aryl methyl sites for hydroxylation is 1. The number of esters is 1. The first kappa shape index (κ1) is 18.9. The molecule has 7 nitrogen and oxygen atoms in total. The maximum absolute atomic E-state index is 12.4. The fourth-order valence-corrected chi connectivity index (χ4v) is 4.89. The summed E-state index contributed by atoms with van der Waals surface area (Å²) in [6, 6.07) is 2.04.